The number of nitrogens with two attached hydrogens (primary N) is 1. The number of carbonyl (C=O) groups excluding carboxylic acids is 1. The maximum absolute atomic E-state index is 12.7. The first-order valence-electron chi connectivity index (χ1n) is 10.1. The van der Waals surface area contributed by atoms with Crippen molar-refractivity contribution in [2.75, 3.05) is 37.0 Å². The van der Waals surface area contributed by atoms with Crippen molar-refractivity contribution >= 4 is 39.0 Å². The lowest BCUT2D eigenvalue weighted by Crippen LogP contribution is -2.39. The highest BCUT2D eigenvalue weighted by molar-refractivity contribution is 7.99. The molecule has 4 rings (SSSR count). The number of benzene rings is 1. The van der Waals surface area contributed by atoms with E-state index in [2.05, 4.69) is 20.4 Å². The first-order chi connectivity index (χ1) is 15.3. The monoisotopic (exact) mass is 476 g/mol. The Labute approximate surface area is 190 Å². The Morgan fingerprint density at radius 1 is 1.25 bits per heavy atom. The smallest absolute Gasteiger partial charge is 0.218 e. The molecule has 0 saturated carbocycles. The van der Waals surface area contributed by atoms with Crippen LogP contribution in [-0.4, -0.2) is 71.2 Å². The molecular formula is C20H24N6O4S2. The van der Waals surface area contributed by atoms with Crippen molar-refractivity contribution in [2.45, 2.75) is 23.2 Å². The van der Waals surface area contributed by atoms with E-state index < -0.39 is 14.8 Å². The Balaban J connectivity index is 1.39. The number of nitrogens with zero attached hydrogens (tertiary/aromatic N) is 5. The molecule has 1 saturated heterocycles. The summed E-state index contributed by atoms with van der Waals surface area (Å²) in [5.74, 6) is 0.136. The minimum Gasteiger partial charge on any atom is -0.378 e. The van der Waals surface area contributed by atoms with Crippen LogP contribution in [0.1, 0.15) is 23.7 Å². The summed E-state index contributed by atoms with van der Waals surface area (Å²) in [6.45, 7) is 4.65. The van der Waals surface area contributed by atoms with Crippen LogP contribution in [0.5, 0.6) is 0 Å². The number of ketones is 1. The van der Waals surface area contributed by atoms with Crippen LogP contribution in [0.2, 0.25) is 0 Å². The molecule has 2 aliphatic rings. The molecule has 2 heterocycles. The van der Waals surface area contributed by atoms with Crippen molar-refractivity contribution in [1.29, 1.82) is 0 Å². The van der Waals surface area contributed by atoms with E-state index in [1.54, 1.807) is 19.1 Å². The van der Waals surface area contributed by atoms with E-state index in [1.165, 1.54) is 22.5 Å². The molecule has 0 amide bonds. The zero-order chi connectivity index (χ0) is 22.8. The predicted octanol–water partition coefficient (Wildman–Crippen LogP) is 1.33. The minimum absolute atomic E-state index is 0.0342. The molecule has 2 aromatic rings. The van der Waals surface area contributed by atoms with Crippen LogP contribution >= 0.6 is 11.8 Å². The number of hydrogen-bond donors (Lipinski definition) is 1. The average Bonchev–Trinajstić information content (AvgIpc) is 3.26. The fourth-order valence-corrected chi connectivity index (χ4v) is 4.76. The SMILES string of the molecule is CC1(S(N)(=O)=O)C=CC(n2nnnc2SCC(=O)c2ccc(N3CCOCC3)cc2)=CC1. The summed E-state index contributed by atoms with van der Waals surface area (Å²) < 4.78 is 29.3. The number of tetrazole rings is 1. The summed E-state index contributed by atoms with van der Waals surface area (Å²) in [5, 5.41) is 17.4. The minimum atomic E-state index is -3.74. The van der Waals surface area contributed by atoms with Gasteiger partial charge in [0.2, 0.25) is 15.2 Å². The Bertz CT molecular complexity index is 1150. The highest BCUT2D eigenvalue weighted by atomic mass is 32.2. The van der Waals surface area contributed by atoms with Crippen LogP contribution in [0.15, 0.2) is 47.6 Å². The number of carbonyl (C=O) groups is 1. The summed E-state index contributed by atoms with van der Waals surface area (Å²) >= 11 is 1.22. The molecule has 0 radical (unpaired) electrons. The van der Waals surface area contributed by atoms with Crippen molar-refractivity contribution in [3.05, 3.63) is 48.1 Å². The van der Waals surface area contributed by atoms with E-state index in [0.717, 1.165) is 18.8 Å². The third kappa shape index (κ3) is 4.77. The van der Waals surface area contributed by atoms with Gasteiger partial charge in [-0.1, -0.05) is 23.9 Å². The standard InChI is InChI=1S/C20H24N6O4S2/c1-20(32(21,28)29)8-6-17(7-9-20)26-19(22-23-24-26)31-14-18(27)15-2-4-16(5-3-15)25-10-12-30-13-11-25/h2-8H,9-14H2,1H3,(H2,21,28,29). The average molecular weight is 477 g/mol. The molecule has 2 N–H and O–H groups in total. The van der Waals surface area contributed by atoms with Crippen molar-refractivity contribution in [2.24, 2.45) is 5.14 Å². The highest BCUT2D eigenvalue weighted by Gasteiger charge is 2.35. The maximum atomic E-state index is 12.7. The topological polar surface area (TPSA) is 133 Å². The van der Waals surface area contributed by atoms with Gasteiger partial charge in [-0.15, -0.1) is 5.10 Å². The number of rotatable bonds is 7. The molecule has 32 heavy (non-hydrogen) atoms. The molecule has 1 aromatic carbocycles. The number of morpholine rings is 1. The fraction of sp³-hybridized carbons (Fsp3) is 0.400. The van der Waals surface area contributed by atoms with Gasteiger partial charge in [0, 0.05) is 24.3 Å². The van der Waals surface area contributed by atoms with Crippen LogP contribution in [0.4, 0.5) is 5.69 Å². The predicted molar refractivity (Wildman–Crippen MR) is 122 cm³/mol. The molecule has 10 nitrogen and oxygen atoms in total. The molecule has 1 aliphatic carbocycles. The first-order valence-corrected chi connectivity index (χ1v) is 12.6. The van der Waals surface area contributed by atoms with E-state index in [4.69, 9.17) is 9.88 Å². The van der Waals surface area contributed by atoms with Gasteiger partial charge in [-0.25, -0.2) is 13.6 Å². The number of sulfonamides is 1. The van der Waals surface area contributed by atoms with Gasteiger partial charge in [-0.2, -0.15) is 4.68 Å². The van der Waals surface area contributed by atoms with E-state index in [0.29, 0.717) is 29.6 Å². The summed E-state index contributed by atoms with van der Waals surface area (Å²) in [5.41, 5.74) is 2.32. The molecule has 1 fully saturated rings. The van der Waals surface area contributed by atoms with Crippen LogP contribution in [0.25, 0.3) is 5.70 Å². The molecule has 170 valence electrons. The van der Waals surface area contributed by atoms with E-state index in [9.17, 15) is 13.2 Å². The lowest BCUT2D eigenvalue weighted by molar-refractivity contribution is 0.102. The molecule has 12 heteroatoms. The fourth-order valence-electron chi connectivity index (χ4n) is 3.40. The number of hydrogen-bond acceptors (Lipinski definition) is 9. The summed E-state index contributed by atoms with van der Waals surface area (Å²) in [6, 6.07) is 7.56. The van der Waals surface area contributed by atoms with E-state index in [-0.39, 0.29) is 18.0 Å². The van der Waals surface area contributed by atoms with Gasteiger partial charge in [0.05, 0.1) is 24.7 Å². The number of anilines is 1. The highest BCUT2D eigenvalue weighted by Crippen LogP contribution is 2.30. The van der Waals surface area contributed by atoms with Crippen LogP contribution in [0, 0.1) is 0 Å². The number of allylic oxidation sites excluding steroid dienone is 3. The quantitative estimate of drug-likeness (QED) is 0.464. The van der Waals surface area contributed by atoms with Crippen molar-refractivity contribution < 1.29 is 17.9 Å². The van der Waals surface area contributed by atoms with Gasteiger partial charge in [0.25, 0.3) is 0 Å². The van der Waals surface area contributed by atoms with E-state index >= 15 is 0 Å². The van der Waals surface area contributed by atoms with Gasteiger partial charge in [-0.3, -0.25) is 4.79 Å². The van der Waals surface area contributed by atoms with Crippen molar-refractivity contribution in [3.8, 4) is 0 Å². The number of ether oxygens (including phenoxy) is 1. The van der Waals surface area contributed by atoms with Crippen LogP contribution in [0.3, 0.4) is 0 Å². The number of primary sulfonamides is 1. The lowest BCUT2D eigenvalue weighted by atomic mass is 10.0. The first kappa shape index (κ1) is 22.6. The summed E-state index contributed by atoms with van der Waals surface area (Å²) in [4.78, 5) is 14.9. The third-order valence-electron chi connectivity index (χ3n) is 5.56. The number of aromatic nitrogens is 4. The molecule has 1 unspecified atom stereocenters. The van der Waals surface area contributed by atoms with Gasteiger partial charge in [0.1, 0.15) is 4.75 Å². The molecular weight excluding hydrogens is 452 g/mol. The zero-order valence-electron chi connectivity index (χ0n) is 17.5. The van der Waals surface area contributed by atoms with E-state index in [1.807, 2.05) is 24.3 Å². The van der Waals surface area contributed by atoms with Gasteiger partial charge < -0.3 is 9.64 Å². The molecule has 0 spiro atoms. The molecule has 1 atom stereocenters. The van der Waals surface area contributed by atoms with Crippen molar-refractivity contribution in [1.82, 2.24) is 20.2 Å². The zero-order valence-corrected chi connectivity index (χ0v) is 19.2. The van der Waals surface area contributed by atoms with Gasteiger partial charge in [0.15, 0.2) is 5.78 Å². The number of thioether (sulfide) groups is 1. The van der Waals surface area contributed by atoms with Crippen LogP contribution < -0.4 is 10.0 Å². The maximum Gasteiger partial charge on any atom is 0.218 e. The number of Topliss-reactive ketones (excluding diaryl/α,β-unsaturated/α-hetero) is 1. The Hall–Kier alpha value is -2.54. The Morgan fingerprint density at radius 3 is 2.59 bits per heavy atom. The second-order valence-corrected chi connectivity index (χ2v) is 10.7. The lowest BCUT2D eigenvalue weighted by Gasteiger charge is -2.28. The third-order valence-corrected chi connectivity index (χ3v) is 8.08. The summed E-state index contributed by atoms with van der Waals surface area (Å²) in [6.07, 6.45) is 5.09. The second kappa shape index (κ2) is 9.14. The van der Waals surface area contributed by atoms with Crippen molar-refractivity contribution in [3.63, 3.8) is 0 Å². The van der Waals surface area contributed by atoms with Gasteiger partial charge in [-0.05, 0) is 54.1 Å². The Morgan fingerprint density at radius 2 is 1.97 bits per heavy atom. The molecule has 0 bridgehead atoms. The second-order valence-electron chi connectivity index (χ2n) is 7.76. The van der Waals surface area contributed by atoms with Gasteiger partial charge >= 0.3 is 0 Å². The summed E-state index contributed by atoms with van der Waals surface area (Å²) in [7, 11) is -3.74. The molecule has 1 aliphatic heterocycles. The van der Waals surface area contributed by atoms with Crippen LogP contribution in [-0.2, 0) is 14.8 Å². The Kier molecular flexibility index (Phi) is 6.47. The normalized spacial score (nSPS) is 21.4. The largest absolute Gasteiger partial charge is 0.378 e. The molecule has 1 aromatic heterocycles.